The van der Waals surface area contributed by atoms with Gasteiger partial charge in [-0.25, -0.2) is 4.79 Å². The van der Waals surface area contributed by atoms with E-state index in [4.69, 9.17) is 23.7 Å². The molecule has 0 bridgehead atoms. The van der Waals surface area contributed by atoms with Crippen molar-refractivity contribution in [2.45, 2.75) is 58.5 Å². The maximum atomic E-state index is 12.8. The number of nitrogens with zero attached hydrogens (tertiary/aromatic N) is 2. The average molecular weight is 501 g/mol. The van der Waals surface area contributed by atoms with Gasteiger partial charge in [0.1, 0.15) is 30.2 Å². The number of aryl methyl sites for hydroxylation is 1. The number of benzene rings is 1. The highest BCUT2D eigenvalue weighted by atomic mass is 16.6. The molecule has 1 atom stereocenters. The number of pyridine rings is 1. The number of methoxy groups -OCH3 is 2. The maximum Gasteiger partial charge on any atom is 0.410 e. The minimum atomic E-state index is -0.516. The summed E-state index contributed by atoms with van der Waals surface area (Å²) >= 11 is 0. The highest BCUT2D eigenvalue weighted by molar-refractivity contribution is 5.71. The summed E-state index contributed by atoms with van der Waals surface area (Å²) in [5, 5.41) is 0. The van der Waals surface area contributed by atoms with E-state index in [0.29, 0.717) is 37.7 Å². The lowest BCUT2D eigenvalue weighted by molar-refractivity contribution is -0.0221. The lowest BCUT2D eigenvalue weighted by Gasteiger charge is -2.39. The first-order valence-corrected chi connectivity index (χ1v) is 12.3. The van der Waals surface area contributed by atoms with Crippen LogP contribution in [-0.4, -0.2) is 73.9 Å². The second-order valence-corrected chi connectivity index (χ2v) is 10.3. The van der Waals surface area contributed by atoms with Crippen molar-refractivity contribution in [3.63, 3.8) is 0 Å². The quantitative estimate of drug-likeness (QED) is 0.549. The Bertz CT molecular complexity index is 1160. The first kappa shape index (κ1) is 26.0. The van der Waals surface area contributed by atoms with E-state index >= 15 is 0 Å². The Balaban J connectivity index is 1.48. The summed E-state index contributed by atoms with van der Waals surface area (Å²) in [4.78, 5) is 26.6. The maximum absolute atomic E-state index is 12.8. The fourth-order valence-corrected chi connectivity index (χ4v) is 4.46. The molecule has 1 saturated heterocycles. The third-order valence-corrected chi connectivity index (χ3v) is 6.36. The van der Waals surface area contributed by atoms with Gasteiger partial charge in [0.05, 0.1) is 25.4 Å². The molecular formula is C27H36N2O7. The van der Waals surface area contributed by atoms with Gasteiger partial charge in [0.15, 0.2) is 11.3 Å². The van der Waals surface area contributed by atoms with Gasteiger partial charge in [-0.05, 0) is 57.9 Å². The Morgan fingerprint density at radius 3 is 2.56 bits per heavy atom. The summed E-state index contributed by atoms with van der Waals surface area (Å²) in [6.45, 7) is 9.77. The summed E-state index contributed by atoms with van der Waals surface area (Å²) < 4.78 is 30.1. The zero-order valence-electron chi connectivity index (χ0n) is 22.0. The fourth-order valence-electron chi connectivity index (χ4n) is 4.46. The number of ether oxygens (including phenoxy) is 5. The van der Waals surface area contributed by atoms with E-state index in [2.05, 4.69) is 4.57 Å². The van der Waals surface area contributed by atoms with Gasteiger partial charge in [0.2, 0.25) is 0 Å². The molecule has 1 fully saturated rings. The van der Waals surface area contributed by atoms with E-state index in [1.807, 2.05) is 45.9 Å². The van der Waals surface area contributed by atoms with Gasteiger partial charge in [-0.15, -0.1) is 0 Å². The Labute approximate surface area is 211 Å². The summed E-state index contributed by atoms with van der Waals surface area (Å²) in [6.07, 6.45) is 0.161. The van der Waals surface area contributed by atoms with Crippen LogP contribution in [0.4, 0.5) is 4.79 Å². The second-order valence-electron chi connectivity index (χ2n) is 10.3. The normalized spacial score (nSPS) is 16.0. The largest absolute Gasteiger partial charge is 0.487 e. The smallest absolute Gasteiger partial charge is 0.410 e. The molecule has 1 aromatic heterocycles. The number of amides is 1. The average Bonchev–Trinajstić information content (AvgIpc) is 2.79. The van der Waals surface area contributed by atoms with E-state index in [0.717, 1.165) is 29.0 Å². The molecule has 196 valence electrons. The van der Waals surface area contributed by atoms with Crippen molar-refractivity contribution in [3.05, 3.63) is 45.6 Å². The second kappa shape index (κ2) is 10.5. The molecule has 0 spiro atoms. The predicted molar refractivity (Wildman–Crippen MR) is 135 cm³/mol. The van der Waals surface area contributed by atoms with Crippen LogP contribution in [0.2, 0.25) is 0 Å². The number of fused-ring (bicyclic) bond motifs is 3. The van der Waals surface area contributed by atoms with Gasteiger partial charge in [-0.3, -0.25) is 4.79 Å². The lowest BCUT2D eigenvalue weighted by Crippen LogP contribution is -2.57. The molecule has 0 aliphatic carbocycles. The summed E-state index contributed by atoms with van der Waals surface area (Å²) in [7, 11) is 3.22. The summed E-state index contributed by atoms with van der Waals surface area (Å²) in [5.41, 5.74) is 3.08. The minimum Gasteiger partial charge on any atom is -0.487 e. The number of aromatic nitrogens is 1. The van der Waals surface area contributed by atoms with Crippen molar-refractivity contribution < 1.29 is 28.5 Å². The molecule has 4 rings (SSSR count). The van der Waals surface area contributed by atoms with Gasteiger partial charge in [0, 0.05) is 38.0 Å². The van der Waals surface area contributed by atoms with Gasteiger partial charge < -0.3 is 33.2 Å². The van der Waals surface area contributed by atoms with Crippen LogP contribution in [0.1, 0.15) is 31.9 Å². The zero-order valence-corrected chi connectivity index (χ0v) is 22.0. The third-order valence-electron chi connectivity index (χ3n) is 6.36. The molecule has 2 aliphatic rings. The van der Waals surface area contributed by atoms with E-state index in [9.17, 15) is 9.59 Å². The monoisotopic (exact) mass is 500 g/mol. The molecule has 2 aliphatic heterocycles. The summed E-state index contributed by atoms with van der Waals surface area (Å²) in [6, 6.07) is 7.50. The third kappa shape index (κ3) is 5.68. The van der Waals surface area contributed by atoms with Crippen LogP contribution in [0.5, 0.6) is 11.6 Å². The molecule has 9 nitrogen and oxygen atoms in total. The topological polar surface area (TPSA) is 88.5 Å². The van der Waals surface area contributed by atoms with Crippen LogP contribution in [0, 0.1) is 6.92 Å². The number of carbonyl (C=O) groups excluding carboxylic acids is 1. The standard InChI is InChI=1S/C27H36N2O7/c1-17-23(30)12-24(34-16-21(33-6)15-32-5)29-10-9-18-11-19(7-8-22(18)25(17)29)35-20-13-28(14-20)26(31)36-27(2,3)4/h7-8,11-12,20-21H,9-10,13-16H2,1-6H3/t21-/m0/s1. The van der Waals surface area contributed by atoms with Crippen LogP contribution in [0.25, 0.3) is 11.3 Å². The SMILES string of the molecule is COC[C@@H](COc1cc(=O)c(C)c2n1CCc1cc(OC3CN(C(=O)OC(C)(C)C)C3)ccc1-2)OC. The Morgan fingerprint density at radius 2 is 1.89 bits per heavy atom. The van der Waals surface area contributed by atoms with Crippen molar-refractivity contribution >= 4 is 6.09 Å². The zero-order chi connectivity index (χ0) is 26.0. The van der Waals surface area contributed by atoms with Gasteiger partial charge >= 0.3 is 6.09 Å². The molecule has 0 N–H and O–H groups in total. The number of rotatable bonds is 8. The van der Waals surface area contributed by atoms with Crippen molar-refractivity contribution in [1.82, 2.24) is 9.47 Å². The van der Waals surface area contributed by atoms with Crippen molar-refractivity contribution in [3.8, 4) is 22.9 Å². The molecule has 36 heavy (non-hydrogen) atoms. The molecule has 0 radical (unpaired) electrons. The molecular weight excluding hydrogens is 464 g/mol. The number of carbonyl (C=O) groups is 1. The summed E-state index contributed by atoms with van der Waals surface area (Å²) in [5.74, 6) is 1.28. The minimum absolute atomic E-state index is 0.0677. The Hall–Kier alpha value is -3.04. The molecule has 0 unspecified atom stereocenters. The number of hydrogen-bond acceptors (Lipinski definition) is 7. The Morgan fingerprint density at radius 1 is 1.14 bits per heavy atom. The van der Waals surface area contributed by atoms with Crippen LogP contribution in [0.15, 0.2) is 29.1 Å². The van der Waals surface area contributed by atoms with Crippen LogP contribution in [0.3, 0.4) is 0 Å². The molecule has 9 heteroatoms. The number of likely N-dealkylation sites (tertiary alicyclic amines) is 1. The van der Waals surface area contributed by atoms with E-state index < -0.39 is 5.60 Å². The van der Waals surface area contributed by atoms with Crippen LogP contribution in [-0.2, 0) is 27.2 Å². The van der Waals surface area contributed by atoms with E-state index in [1.54, 1.807) is 25.2 Å². The lowest BCUT2D eigenvalue weighted by atomic mass is 9.94. The van der Waals surface area contributed by atoms with Gasteiger partial charge in [0.25, 0.3) is 0 Å². The van der Waals surface area contributed by atoms with Gasteiger partial charge in [-0.2, -0.15) is 0 Å². The molecule has 1 aromatic carbocycles. The molecule has 2 aromatic rings. The van der Waals surface area contributed by atoms with Crippen molar-refractivity contribution in [2.75, 3.05) is 40.5 Å². The highest BCUT2D eigenvalue weighted by Crippen LogP contribution is 2.36. The van der Waals surface area contributed by atoms with E-state index in [1.165, 1.54) is 0 Å². The molecule has 0 saturated carbocycles. The first-order valence-electron chi connectivity index (χ1n) is 12.3. The van der Waals surface area contributed by atoms with Crippen LogP contribution >= 0.6 is 0 Å². The molecule has 1 amide bonds. The van der Waals surface area contributed by atoms with Crippen molar-refractivity contribution in [1.29, 1.82) is 0 Å². The first-order chi connectivity index (χ1) is 17.1. The van der Waals surface area contributed by atoms with Crippen molar-refractivity contribution in [2.24, 2.45) is 0 Å². The Kier molecular flexibility index (Phi) is 7.61. The highest BCUT2D eigenvalue weighted by Gasteiger charge is 2.35. The van der Waals surface area contributed by atoms with Gasteiger partial charge in [-0.1, -0.05) is 0 Å². The van der Waals surface area contributed by atoms with E-state index in [-0.39, 0.29) is 30.3 Å². The predicted octanol–water partition coefficient (Wildman–Crippen LogP) is 3.42. The number of hydrogen-bond donors (Lipinski definition) is 0. The van der Waals surface area contributed by atoms with Crippen LogP contribution < -0.4 is 14.9 Å². The molecule has 3 heterocycles. The fraction of sp³-hybridized carbons (Fsp3) is 0.556.